The van der Waals surface area contributed by atoms with Crippen LogP contribution in [0.4, 0.5) is 0 Å². The summed E-state index contributed by atoms with van der Waals surface area (Å²) in [5, 5.41) is 8.62. The Morgan fingerprint density at radius 1 is 0.118 bits per heavy atom. The summed E-state index contributed by atoms with van der Waals surface area (Å²) >= 11 is 0. The van der Waals surface area contributed by atoms with Gasteiger partial charge in [-0.05, 0) is 6.42 Å². The van der Waals surface area contributed by atoms with Gasteiger partial charge in [-0.3, -0.25) is 0 Å². The van der Waals surface area contributed by atoms with Crippen molar-refractivity contribution >= 4 is 0 Å². The zero-order valence-electron chi connectivity index (χ0n) is 58.3. The highest BCUT2D eigenvalue weighted by Crippen LogP contribution is 2.13. The summed E-state index contributed by atoms with van der Waals surface area (Å²) in [7, 11) is 0. The van der Waals surface area contributed by atoms with Crippen molar-refractivity contribution in [1.82, 2.24) is 0 Å². The normalized spacial score (nSPS) is 11.8. The largest absolute Gasteiger partial charge is 0.394 e. The fourth-order valence-electron chi connectivity index (χ4n) is 8.02. The molecule has 0 spiro atoms. The Balaban J connectivity index is 3.09. The van der Waals surface area contributed by atoms with Gasteiger partial charge in [0.2, 0.25) is 0 Å². The molecule has 0 aromatic rings. The second-order valence-corrected chi connectivity index (χ2v) is 21.0. The number of aliphatic hydroxyl groups is 1. The number of rotatable bonds is 90. The molecule has 1 N–H and O–H groups in total. The van der Waals surface area contributed by atoms with Crippen LogP contribution in [0.5, 0.6) is 0 Å². The van der Waals surface area contributed by atoms with Gasteiger partial charge in [-0.1, -0.05) is 96.8 Å². The van der Waals surface area contributed by atoms with Gasteiger partial charge in [0.15, 0.2) is 0 Å². The van der Waals surface area contributed by atoms with Crippen molar-refractivity contribution in [3.63, 3.8) is 0 Å². The molecule has 0 saturated carbocycles. The third kappa shape index (κ3) is 91.0. The number of unbranched alkanes of at least 4 members (excludes halogenated alkanes) is 14. The lowest BCUT2D eigenvalue weighted by Crippen LogP contribution is -2.16. The lowest BCUT2D eigenvalue weighted by atomic mass is 10.0. The molecule has 560 valence electrons. The first-order valence-corrected chi connectivity index (χ1v) is 35.5. The first kappa shape index (κ1) is 92.0. The topological polar surface area (TPSA) is 251 Å². The molecule has 0 unspecified atom stereocenters. The van der Waals surface area contributed by atoms with Gasteiger partial charge in [-0.15, -0.1) is 0 Å². The maximum absolute atomic E-state index is 8.62. The Hall–Kier alpha value is -1.04. The van der Waals surface area contributed by atoms with Crippen LogP contribution in [0.1, 0.15) is 103 Å². The van der Waals surface area contributed by atoms with Gasteiger partial charge in [-0.25, -0.2) is 0 Å². The van der Waals surface area contributed by atoms with E-state index in [-0.39, 0.29) is 6.61 Å². The number of aliphatic hydroxyl groups excluding tert-OH is 1. The summed E-state index contributed by atoms with van der Waals surface area (Å²) in [6.07, 6.45) is 20.6. The Bertz CT molecular complexity index is 1170. The van der Waals surface area contributed by atoms with Crippen LogP contribution in [0.25, 0.3) is 0 Å². The Labute approximate surface area is 561 Å². The minimum absolute atomic E-state index is 0.0181. The first-order valence-electron chi connectivity index (χ1n) is 35.5. The third-order valence-corrected chi connectivity index (χ3v) is 13.1. The molecule has 26 heteroatoms. The quantitative estimate of drug-likeness (QED) is 0.0659. The highest BCUT2D eigenvalue weighted by atomic mass is 16.6. The van der Waals surface area contributed by atoms with Gasteiger partial charge >= 0.3 is 0 Å². The zero-order valence-corrected chi connectivity index (χ0v) is 58.3. The van der Waals surface area contributed by atoms with Crippen molar-refractivity contribution in [3.8, 4) is 0 Å². The third-order valence-electron chi connectivity index (χ3n) is 13.1. The van der Waals surface area contributed by atoms with Crippen LogP contribution in [-0.4, -0.2) is 342 Å². The molecule has 0 saturated heterocycles. The monoisotopic (exact) mass is 1360 g/mol. The molecule has 0 aliphatic heterocycles. The summed E-state index contributed by atoms with van der Waals surface area (Å²) in [5.41, 5.74) is 0. The van der Waals surface area contributed by atoms with Crippen LogP contribution in [-0.2, 0) is 118 Å². The van der Waals surface area contributed by atoms with E-state index in [0.29, 0.717) is 324 Å². The first-order chi connectivity index (χ1) is 46.4. The predicted octanol–water partition coefficient (Wildman–Crippen LogP) is 6.27. The zero-order chi connectivity index (χ0) is 66.3. The minimum Gasteiger partial charge on any atom is -0.394 e. The molecule has 0 aromatic carbocycles. The van der Waals surface area contributed by atoms with Gasteiger partial charge in [0.25, 0.3) is 0 Å². The Morgan fingerprint density at radius 3 is 0.333 bits per heavy atom. The van der Waals surface area contributed by atoms with Crippen molar-refractivity contribution in [1.29, 1.82) is 0 Å². The average molecular weight is 1360 g/mol. The van der Waals surface area contributed by atoms with E-state index < -0.39 is 0 Å². The maximum atomic E-state index is 8.62. The smallest absolute Gasteiger partial charge is 0.0701 e. The highest BCUT2D eigenvalue weighted by molar-refractivity contribution is 4.51. The summed E-state index contributed by atoms with van der Waals surface area (Å²) < 4.78 is 138. The van der Waals surface area contributed by atoms with Crippen LogP contribution in [0.15, 0.2) is 0 Å². The highest BCUT2D eigenvalue weighted by Gasteiger charge is 2.02. The Morgan fingerprint density at radius 2 is 0.215 bits per heavy atom. The molecule has 0 aliphatic carbocycles. The minimum atomic E-state index is 0.0181. The van der Waals surface area contributed by atoms with Crippen LogP contribution >= 0.6 is 0 Å². The summed E-state index contributed by atoms with van der Waals surface area (Å²) in [5.74, 6) is 0. The van der Waals surface area contributed by atoms with Crippen molar-refractivity contribution in [2.45, 2.75) is 103 Å². The molecule has 0 aliphatic rings. The summed E-state index contributed by atoms with van der Waals surface area (Å²) in [4.78, 5) is 0. The molecule has 0 amide bonds. The second kappa shape index (κ2) is 91.0. The molecule has 0 atom stereocenters. The van der Waals surface area contributed by atoms with E-state index in [9.17, 15) is 0 Å². The fourth-order valence-corrected chi connectivity index (χ4v) is 8.02. The number of hydrogen-bond acceptors (Lipinski definition) is 26. The van der Waals surface area contributed by atoms with Crippen LogP contribution in [0, 0.1) is 0 Å². The molecule has 0 aromatic heterocycles. The molecule has 0 heterocycles. The van der Waals surface area contributed by atoms with Gasteiger partial charge in [0.1, 0.15) is 0 Å². The van der Waals surface area contributed by atoms with Gasteiger partial charge < -0.3 is 124 Å². The molecule has 0 radical (unpaired) electrons. The average Bonchev–Trinajstić information content (AvgIpc) is 3.58. The summed E-state index contributed by atoms with van der Waals surface area (Å²) in [6, 6.07) is 0. The van der Waals surface area contributed by atoms with Crippen molar-refractivity contribution < 1.29 is 124 Å². The van der Waals surface area contributed by atoms with E-state index in [1.165, 1.54) is 89.9 Å². The van der Waals surface area contributed by atoms with Crippen molar-refractivity contribution in [2.24, 2.45) is 0 Å². The molecule has 26 nitrogen and oxygen atoms in total. The molecular formula is C67H136O26. The lowest BCUT2D eigenvalue weighted by molar-refractivity contribution is -0.0321. The standard InChI is InChI=1S/C67H136O26/c1-2-3-4-5-6-7-8-9-10-11-12-13-14-15-16-18-69-20-22-71-24-26-73-28-30-75-32-34-77-36-38-79-40-42-81-44-46-83-48-50-85-52-54-87-56-58-89-60-62-91-64-66-93-67-65-92-63-61-90-59-57-88-55-53-86-51-49-84-47-45-82-43-41-80-39-37-78-35-33-76-31-29-74-27-25-72-23-21-70-19-17-68/h68H,2-67H2,1H3. The van der Waals surface area contributed by atoms with E-state index in [2.05, 4.69) is 6.92 Å². The second-order valence-electron chi connectivity index (χ2n) is 21.0. The molecule has 93 heavy (non-hydrogen) atoms. The maximum Gasteiger partial charge on any atom is 0.0701 e. The van der Waals surface area contributed by atoms with Gasteiger partial charge in [0, 0.05) is 6.61 Å². The van der Waals surface area contributed by atoms with E-state index in [4.69, 9.17) is 124 Å². The van der Waals surface area contributed by atoms with Gasteiger partial charge in [-0.2, -0.15) is 0 Å². The summed E-state index contributed by atoms with van der Waals surface area (Å²) in [6.45, 7) is 27.5. The number of hydrogen-bond donors (Lipinski definition) is 1. The van der Waals surface area contributed by atoms with E-state index in [1.807, 2.05) is 0 Å². The molecule has 0 rings (SSSR count). The van der Waals surface area contributed by atoms with Crippen LogP contribution in [0.2, 0.25) is 0 Å². The fraction of sp³-hybridized carbons (Fsp3) is 1.00. The predicted molar refractivity (Wildman–Crippen MR) is 352 cm³/mol. The van der Waals surface area contributed by atoms with Crippen LogP contribution < -0.4 is 0 Å². The van der Waals surface area contributed by atoms with Gasteiger partial charge in [0.05, 0.1) is 330 Å². The van der Waals surface area contributed by atoms with Crippen LogP contribution in [0.3, 0.4) is 0 Å². The lowest BCUT2D eigenvalue weighted by Gasteiger charge is -2.09. The van der Waals surface area contributed by atoms with E-state index in [0.717, 1.165) is 13.0 Å². The molecule has 0 fully saturated rings. The van der Waals surface area contributed by atoms with E-state index in [1.54, 1.807) is 0 Å². The SMILES string of the molecule is CCCCCCCCCCCCCCCCCOCCOCCOCCOCCOCCOCCOCCOCCOCCOCCOCCOCCOCCOCCOCCOCCOCCOCCOCCOCCOCCOCCOCCOCCOCCO. The Kier molecular flexibility index (Phi) is 89.9. The van der Waals surface area contributed by atoms with Crippen molar-refractivity contribution in [3.05, 3.63) is 0 Å². The molecule has 0 bridgehead atoms. The molecular weight excluding hydrogens is 1220 g/mol. The number of ether oxygens (including phenoxy) is 25. The van der Waals surface area contributed by atoms with E-state index >= 15 is 0 Å². The van der Waals surface area contributed by atoms with Crippen molar-refractivity contribution in [2.75, 3.05) is 337 Å².